The molecule has 1 unspecified atom stereocenters. The molecular formula is C27H28ClN3. The Kier molecular flexibility index (Phi) is 6.65. The Morgan fingerprint density at radius 2 is 2.19 bits per heavy atom. The molecule has 4 heteroatoms. The smallest absolute Gasteiger partial charge is 0.162 e. The highest BCUT2D eigenvalue weighted by Crippen LogP contribution is 2.47. The van der Waals surface area contributed by atoms with E-state index in [1.54, 1.807) is 0 Å². The van der Waals surface area contributed by atoms with E-state index in [1.807, 2.05) is 25.2 Å². The maximum absolute atomic E-state index is 6.38. The lowest BCUT2D eigenvalue weighted by molar-refractivity contribution is 0.625. The van der Waals surface area contributed by atoms with Crippen LogP contribution >= 0.6 is 11.6 Å². The lowest BCUT2D eigenvalue weighted by Crippen LogP contribution is -2.16. The predicted molar refractivity (Wildman–Crippen MR) is 129 cm³/mol. The van der Waals surface area contributed by atoms with Crippen LogP contribution in [0.15, 0.2) is 83.7 Å². The van der Waals surface area contributed by atoms with Crippen LogP contribution in [0.5, 0.6) is 0 Å². The fraction of sp³-hybridized carbons (Fsp3) is 0.333. The summed E-state index contributed by atoms with van der Waals surface area (Å²) in [7, 11) is 0. The highest BCUT2D eigenvalue weighted by Gasteiger charge is 2.35. The summed E-state index contributed by atoms with van der Waals surface area (Å²) in [6.45, 7) is 8.37. The number of hydrogen-bond acceptors (Lipinski definition) is 3. The van der Waals surface area contributed by atoms with Gasteiger partial charge in [-0.05, 0) is 48.6 Å². The van der Waals surface area contributed by atoms with Gasteiger partial charge in [0.25, 0.3) is 0 Å². The van der Waals surface area contributed by atoms with Gasteiger partial charge in [0.05, 0.1) is 0 Å². The molecule has 0 radical (unpaired) electrons. The van der Waals surface area contributed by atoms with Gasteiger partial charge in [0.2, 0.25) is 0 Å². The molecular weight excluding hydrogens is 402 g/mol. The highest BCUT2D eigenvalue weighted by atomic mass is 35.5. The van der Waals surface area contributed by atoms with Crippen LogP contribution in [0, 0.1) is 5.92 Å². The topological polar surface area (TPSA) is 38.7 Å². The molecule has 0 spiro atoms. The minimum atomic E-state index is 0.0709. The molecule has 0 amide bonds. The first-order valence-electron chi connectivity index (χ1n) is 11.0. The van der Waals surface area contributed by atoms with Gasteiger partial charge in [-0.15, -0.1) is 17.3 Å². The highest BCUT2D eigenvalue weighted by molar-refractivity contribution is 6.19. The molecule has 0 N–H and O–H groups in total. The standard InChI is InChI=1S/C27H28ClN3/c1-4-10-18(3)25-29-26(19-12-7-6-8-13-19)31-27(30-25)22(11-5-2)24-21(17-28)15-9-14-20-16-23(20)24/h4,6-8,10,12,14-16,19-20,22H,3,5,11,13,17H2,1-2H3/b10-4-/t19-,20?,22+/m1/s1. The number of fused-ring (bicyclic) bond motifs is 1. The Morgan fingerprint density at radius 3 is 2.90 bits per heavy atom. The maximum Gasteiger partial charge on any atom is 0.162 e. The van der Waals surface area contributed by atoms with E-state index in [4.69, 9.17) is 26.6 Å². The molecule has 158 valence electrons. The Bertz CT molecular complexity index is 1090. The quantitative estimate of drug-likeness (QED) is 0.260. The van der Waals surface area contributed by atoms with Crippen molar-refractivity contribution in [2.45, 2.75) is 44.9 Å². The first-order chi connectivity index (χ1) is 15.2. The number of alkyl halides is 1. The van der Waals surface area contributed by atoms with Crippen molar-refractivity contribution in [3.63, 3.8) is 0 Å². The molecule has 3 atom stereocenters. The van der Waals surface area contributed by atoms with Gasteiger partial charge in [0, 0.05) is 29.2 Å². The average molecular weight is 430 g/mol. The third kappa shape index (κ3) is 4.63. The van der Waals surface area contributed by atoms with E-state index in [-0.39, 0.29) is 11.8 Å². The van der Waals surface area contributed by atoms with Crippen LogP contribution < -0.4 is 0 Å². The summed E-state index contributed by atoms with van der Waals surface area (Å²) in [6.07, 6.45) is 21.7. The average Bonchev–Trinajstić information content (AvgIpc) is 3.58. The molecule has 1 aromatic heterocycles. The molecule has 3 aliphatic carbocycles. The lowest BCUT2D eigenvalue weighted by Gasteiger charge is -2.22. The molecule has 31 heavy (non-hydrogen) atoms. The summed E-state index contributed by atoms with van der Waals surface area (Å²) in [6, 6.07) is 0. The molecule has 4 rings (SSSR count). The summed E-state index contributed by atoms with van der Waals surface area (Å²) < 4.78 is 0. The van der Waals surface area contributed by atoms with Crippen molar-refractivity contribution in [2.24, 2.45) is 5.92 Å². The first kappa shape index (κ1) is 21.5. The maximum atomic E-state index is 6.38. The zero-order chi connectivity index (χ0) is 21.8. The second kappa shape index (κ2) is 9.60. The fourth-order valence-electron chi connectivity index (χ4n) is 4.22. The molecule has 3 nitrogen and oxygen atoms in total. The number of aromatic nitrogens is 3. The van der Waals surface area contributed by atoms with E-state index in [1.165, 1.54) is 11.1 Å². The third-order valence-electron chi connectivity index (χ3n) is 5.82. The number of rotatable bonds is 8. The van der Waals surface area contributed by atoms with Crippen molar-refractivity contribution in [2.75, 3.05) is 5.88 Å². The van der Waals surface area contributed by atoms with Crippen molar-refractivity contribution >= 4 is 17.2 Å². The van der Waals surface area contributed by atoms with E-state index < -0.39 is 0 Å². The van der Waals surface area contributed by atoms with Gasteiger partial charge in [-0.1, -0.05) is 62.5 Å². The summed E-state index contributed by atoms with van der Waals surface area (Å²) in [5.74, 6) is 3.30. The monoisotopic (exact) mass is 429 g/mol. The van der Waals surface area contributed by atoms with Crippen molar-refractivity contribution in [3.8, 4) is 0 Å². The predicted octanol–water partition coefficient (Wildman–Crippen LogP) is 6.76. The number of hydrogen-bond donors (Lipinski definition) is 0. The SMILES string of the molecule is C=C(/C=C\C)c1nc([C@@H]2C=CC=CC2)nc([C@@H](CCC)C2=C(CCl)C=C=CC3C=C23)n1. The Balaban J connectivity index is 1.85. The Labute approximate surface area is 190 Å². The van der Waals surface area contributed by atoms with Crippen LogP contribution in [0.25, 0.3) is 5.57 Å². The third-order valence-corrected chi connectivity index (χ3v) is 6.11. The number of allylic oxidation sites excluding steroid dienone is 12. The zero-order valence-electron chi connectivity index (χ0n) is 18.2. The second-order valence-electron chi connectivity index (χ2n) is 8.10. The molecule has 1 aromatic rings. The van der Waals surface area contributed by atoms with E-state index >= 15 is 0 Å². The largest absolute Gasteiger partial charge is 0.217 e. The van der Waals surface area contributed by atoms with Crippen LogP contribution in [-0.4, -0.2) is 20.8 Å². The number of halogens is 1. The second-order valence-corrected chi connectivity index (χ2v) is 8.36. The molecule has 0 aromatic carbocycles. The molecule has 0 saturated carbocycles. The van der Waals surface area contributed by atoms with Crippen LogP contribution in [0.1, 0.15) is 62.4 Å². The summed E-state index contributed by atoms with van der Waals surface area (Å²) in [5, 5.41) is 0. The summed E-state index contributed by atoms with van der Waals surface area (Å²) in [4.78, 5) is 14.8. The van der Waals surface area contributed by atoms with Gasteiger partial charge in [0.1, 0.15) is 11.6 Å². The van der Waals surface area contributed by atoms with E-state index in [9.17, 15) is 0 Å². The fourth-order valence-corrected chi connectivity index (χ4v) is 4.44. The van der Waals surface area contributed by atoms with Crippen molar-refractivity contribution in [1.29, 1.82) is 0 Å². The Hall–Kier alpha value is -2.74. The molecule has 3 aliphatic rings. The van der Waals surface area contributed by atoms with E-state index in [0.29, 0.717) is 17.6 Å². The van der Waals surface area contributed by atoms with Gasteiger partial charge < -0.3 is 0 Å². The van der Waals surface area contributed by atoms with Crippen molar-refractivity contribution < 1.29 is 0 Å². The van der Waals surface area contributed by atoms with Crippen LogP contribution in [0.4, 0.5) is 0 Å². The van der Waals surface area contributed by atoms with Gasteiger partial charge in [0.15, 0.2) is 5.82 Å². The summed E-state index contributed by atoms with van der Waals surface area (Å²) in [5.41, 5.74) is 7.81. The van der Waals surface area contributed by atoms with Crippen molar-refractivity contribution in [3.05, 3.63) is 101 Å². The van der Waals surface area contributed by atoms with E-state index in [2.05, 4.69) is 55.7 Å². The van der Waals surface area contributed by atoms with Gasteiger partial charge in [-0.25, -0.2) is 15.0 Å². The van der Waals surface area contributed by atoms with Gasteiger partial charge >= 0.3 is 0 Å². The van der Waals surface area contributed by atoms with E-state index in [0.717, 1.165) is 42.1 Å². The first-order valence-corrected chi connectivity index (χ1v) is 11.5. The molecule has 0 saturated heterocycles. The molecule has 0 bridgehead atoms. The lowest BCUT2D eigenvalue weighted by atomic mass is 9.87. The van der Waals surface area contributed by atoms with Gasteiger partial charge in [-0.3, -0.25) is 0 Å². The van der Waals surface area contributed by atoms with Crippen LogP contribution in [-0.2, 0) is 0 Å². The van der Waals surface area contributed by atoms with Crippen molar-refractivity contribution in [1.82, 2.24) is 15.0 Å². The number of nitrogens with zero attached hydrogens (tertiary/aromatic N) is 3. The molecule has 1 heterocycles. The molecule has 0 aliphatic heterocycles. The van der Waals surface area contributed by atoms with Crippen LogP contribution in [0.2, 0.25) is 0 Å². The zero-order valence-corrected chi connectivity index (χ0v) is 18.9. The van der Waals surface area contributed by atoms with Gasteiger partial charge in [-0.2, -0.15) is 0 Å². The minimum absolute atomic E-state index is 0.0709. The minimum Gasteiger partial charge on any atom is -0.217 e. The normalized spacial score (nSPS) is 22.5. The Morgan fingerprint density at radius 1 is 1.32 bits per heavy atom. The summed E-state index contributed by atoms with van der Waals surface area (Å²) >= 11 is 6.38. The van der Waals surface area contributed by atoms with Crippen LogP contribution in [0.3, 0.4) is 0 Å². The molecule has 0 fully saturated rings.